The molecule has 1 aliphatic rings. The maximum atomic E-state index is 12.2. The fraction of sp³-hybridized carbons (Fsp3) is 0.600. The Morgan fingerprint density at radius 2 is 2.09 bits per heavy atom. The zero-order valence-electron chi connectivity index (χ0n) is 12.9. The van der Waals surface area contributed by atoms with Gasteiger partial charge in [-0.05, 0) is 18.4 Å². The summed E-state index contributed by atoms with van der Waals surface area (Å²) < 4.78 is 5.04. The van der Waals surface area contributed by atoms with Gasteiger partial charge in [-0.2, -0.15) is 11.3 Å². The maximum Gasteiger partial charge on any atom is 0.254 e. The standard InChI is InChI=1S/C15H23N3O3S/c1-2-21-11-14(19)16-4-5-17-6-8-18(9-7-17)15(20)13-3-10-22-12-13/h3,10,12H,2,4-9,11H2,1H3,(H,16,19). The Labute approximate surface area is 135 Å². The molecular formula is C15H23N3O3S. The number of thiophene rings is 1. The Bertz CT molecular complexity index is 470. The van der Waals surface area contributed by atoms with E-state index in [9.17, 15) is 9.59 Å². The van der Waals surface area contributed by atoms with Gasteiger partial charge in [0.2, 0.25) is 5.91 Å². The lowest BCUT2D eigenvalue weighted by Gasteiger charge is -2.34. The van der Waals surface area contributed by atoms with Crippen LogP contribution in [-0.4, -0.2) is 74.1 Å². The van der Waals surface area contributed by atoms with Crippen molar-refractivity contribution >= 4 is 23.2 Å². The van der Waals surface area contributed by atoms with Crippen LogP contribution in [0.1, 0.15) is 17.3 Å². The van der Waals surface area contributed by atoms with Gasteiger partial charge in [-0.3, -0.25) is 14.5 Å². The van der Waals surface area contributed by atoms with E-state index >= 15 is 0 Å². The molecule has 7 heteroatoms. The number of carbonyl (C=O) groups excluding carboxylic acids is 2. The molecule has 2 amide bonds. The first kappa shape index (κ1) is 16.9. The minimum Gasteiger partial charge on any atom is -0.372 e. The predicted molar refractivity (Wildman–Crippen MR) is 86.2 cm³/mol. The Balaban J connectivity index is 1.63. The normalized spacial score (nSPS) is 15.8. The highest BCUT2D eigenvalue weighted by atomic mass is 32.1. The average molecular weight is 325 g/mol. The van der Waals surface area contributed by atoms with Gasteiger partial charge in [0.25, 0.3) is 5.91 Å². The molecule has 1 aliphatic heterocycles. The zero-order valence-corrected chi connectivity index (χ0v) is 13.7. The van der Waals surface area contributed by atoms with Crippen LogP contribution in [0.25, 0.3) is 0 Å². The fourth-order valence-corrected chi connectivity index (χ4v) is 2.97. The Morgan fingerprint density at radius 1 is 1.32 bits per heavy atom. The van der Waals surface area contributed by atoms with Gasteiger partial charge in [0, 0.05) is 51.3 Å². The minimum atomic E-state index is -0.0758. The summed E-state index contributed by atoms with van der Waals surface area (Å²) in [5, 5.41) is 6.65. The number of carbonyl (C=O) groups is 2. The molecule has 122 valence electrons. The van der Waals surface area contributed by atoms with Crippen LogP contribution in [0, 0.1) is 0 Å². The molecule has 0 spiro atoms. The second-order valence-corrected chi connectivity index (χ2v) is 5.91. The molecule has 2 heterocycles. The van der Waals surface area contributed by atoms with Crippen LogP contribution in [0.3, 0.4) is 0 Å². The average Bonchev–Trinajstić information content (AvgIpc) is 3.07. The Morgan fingerprint density at radius 3 is 2.73 bits per heavy atom. The van der Waals surface area contributed by atoms with Crippen LogP contribution in [-0.2, 0) is 9.53 Å². The lowest BCUT2D eigenvalue weighted by molar-refractivity contribution is -0.125. The van der Waals surface area contributed by atoms with Gasteiger partial charge < -0.3 is 15.0 Å². The maximum absolute atomic E-state index is 12.2. The van der Waals surface area contributed by atoms with Crippen molar-refractivity contribution in [1.82, 2.24) is 15.1 Å². The Hall–Kier alpha value is -1.44. The topological polar surface area (TPSA) is 61.9 Å². The van der Waals surface area contributed by atoms with Crippen molar-refractivity contribution in [2.24, 2.45) is 0 Å². The van der Waals surface area contributed by atoms with E-state index in [1.807, 2.05) is 28.7 Å². The van der Waals surface area contributed by atoms with E-state index in [-0.39, 0.29) is 18.4 Å². The highest BCUT2D eigenvalue weighted by Gasteiger charge is 2.22. The first-order valence-electron chi connectivity index (χ1n) is 7.59. The van der Waals surface area contributed by atoms with Crippen molar-refractivity contribution in [3.8, 4) is 0 Å². The van der Waals surface area contributed by atoms with E-state index in [0.717, 1.165) is 38.3 Å². The van der Waals surface area contributed by atoms with Gasteiger partial charge in [0.15, 0.2) is 0 Å². The molecule has 1 saturated heterocycles. The smallest absolute Gasteiger partial charge is 0.254 e. The third-order valence-corrected chi connectivity index (χ3v) is 4.30. The lowest BCUT2D eigenvalue weighted by atomic mass is 10.2. The van der Waals surface area contributed by atoms with Crippen LogP contribution in [0.4, 0.5) is 0 Å². The molecule has 22 heavy (non-hydrogen) atoms. The third-order valence-electron chi connectivity index (χ3n) is 3.62. The molecule has 0 unspecified atom stereocenters. The van der Waals surface area contributed by atoms with Gasteiger partial charge in [-0.15, -0.1) is 0 Å². The van der Waals surface area contributed by atoms with E-state index < -0.39 is 0 Å². The largest absolute Gasteiger partial charge is 0.372 e. The van der Waals surface area contributed by atoms with E-state index in [2.05, 4.69) is 10.2 Å². The van der Waals surface area contributed by atoms with E-state index in [1.54, 1.807) is 11.3 Å². The van der Waals surface area contributed by atoms with E-state index in [0.29, 0.717) is 13.2 Å². The summed E-state index contributed by atoms with van der Waals surface area (Å²) in [6, 6.07) is 1.87. The van der Waals surface area contributed by atoms with Crippen molar-refractivity contribution in [1.29, 1.82) is 0 Å². The highest BCUT2D eigenvalue weighted by molar-refractivity contribution is 7.08. The van der Waals surface area contributed by atoms with Crippen molar-refractivity contribution in [2.75, 3.05) is 52.5 Å². The third kappa shape index (κ3) is 5.08. The Kier molecular flexibility index (Phi) is 6.82. The summed E-state index contributed by atoms with van der Waals surface area (Å²) >= 11 is 1.54. The van der Waals surface area contributed by atoms with Crippen LogP contribution >= 0.6 is 11.3 Å². The molecule has 1 aromatic rings. The summed E-state index contributed by atoms with van der Waals surface area (Å²) in [5.74, 6) is 0.0408. The van der Waals surface area contributed by atoms with Crippen LogP contribution < -0.4 is 5.32 Å². The molecule has 1 N–H and O–H groups in total. The van der Waals surface area contributed by atoms with Gasteiger partial charge >= 0.3 is 0 Å². The number of piperazine rings is 1. The number of ether oxygens (including phenoxy) is 1. The molecule has 0 saturated carbocycles. The number of rotatable bonds is 7. The summed E-state index contributed by atoms with van der Waals surface area (Å²) in [6.45, 7) is 7.12. The quantitative estimate of drug-likeness (QED) is 0.800. The first-order chi connectivity index (χ1) is 10.7. The second-order valence-electron chi connectivity index (χ2n) is 5.13. The van der Waals surface area contributed by atoms with Crippen molar-refractivity contribution in [3.63, 3.8) is 0 Å². The molecule has 0 aliphatic carbocycles. The predicted octanol–water partition coefficient (Wildman–Crippen LogP) is 0.659. The van der Waals surface area contributed by atoms with Gasteiger partial charge in [0.05, 0.1) is 5.56 Å². The monoisotopic (exact) mass is 325 g/mol. The number of nitrogens with zero attached hydrogens (tertiary/aromatic N) is 2. The molecule has 0 radical (unpaired) electrons. The summed E-state index contributed by atoms with van der Waals surface area (Å²) in [7, 11) is 0. The lowest BCUT2D eigenvalue weighted by Crippen LogP contribution is -2.50. The van der Waals surface area contributed by atoms with Crippen LogP contribution in [0.2, 0.25) is 0 Å². The van der Waals surface area contributed by atoms with Crippen LogP contribution in [0.15, 0.2) is 16.8 Å². The minimum absolute atomic E-state index is 0.0758. The van der Waals surface area contributed by atoms with Gasteiger partial charge in [0.1, 0.15) is 6.61 Å². The van der Waals surface area contributed by atoms with E-state index in [1.165, 1.54) is 0 Å². The van der Waals surface area contributed by atoms with Gasteiger partial charge in [-0.1, -0.05) is 0 Å². The van der Waals surface area contributed by atoms with Crippen LogP contribution in [0.5, 0.6) is 0 Å². The molecular weight excluding hydrogens is 302 g/mol. The molecule has 0 bridgehead atoms. The van der Waals surface area contributed by atoms with Crippen molar-refractivity contribution in [3.05, 3.63) is 22.4 Å². The van der Waals surface area contributed by atoms with Crippen molar-refractivity contribution in [2.45, 2.75) is 6.92 Å². The summed E-state index contributed by atoms with van der Waals surface area (Å²) in [6.07, 6.45) is 0. The fourth-order valence-electron chi connectivity index (χ4n) is 2.34. The van der Waals surface area contributed by atoms with E-state index in [4.69, 9.17) is 4.74 Å². The SMILES string of the molecule is CCOCC(=O)NCCN1CCN(C(=O)c2ccsc2)CC1. The molecule has 1 fully saturated rings. The summed E-state index contributed by atoms with van der Waals surface area (Å²) in [5.41, 5.74) is 0.779. The summed E-state index contributed by atoms with van der Waals surface area (Å²) in [4.78, 5) is 27.8. The molecule has 1 aromatic heterocycles. The zero-order chi connectivity index (χ0) is 15.8. The number of hydrogen-bond acceptors (Lipinski definition) is 5. The second kappa shape index (κ2) is 8.87. The number of nitrogens with one attached hydrogen (secondary N) is 1. The number of amides is 2. The molecule has 0 aromatic carbocycles. The highest BCUT2D eigenvalue weighted by Crippen LogP contribution is 2.11. The first-order valence-corrected chi connectivity index (χ1v) is 8.53. The molecule has 0 atom stereocenters. The number of hydrogen-bond donors (Lipinski definition) is 1. The van der Waals surface area contributed by atoms with Gasteiger partial charge in [-0.25, -0.2) is 0 Å². The molecule has 2 rings (SSSR count). The molecule has 6 nitrogen and oxygen atoms in total. The van der Waals surface area contributed by atoms with Crippen molar-refractivity contribution < 1.29 is 14.3 Å².